The Morgan fingerprint density at radius 2 is 0.793 bits per heavy atom. The molecule has 2 nitrogen and oxygen atoms in total. The fourth-order valence-corrected chi connectivity index (χ4v) is 10.1. The molecule has 0 N–H and O–H groups in total. The van der Waals surface area contributed by atoms with Crippen molar-refractivity contribution in [1.29, 1.82) is 10.5 Å². The first kappa shape index (κ1) is 32.2. The van der Waals surface area contributed by atoms with Crippen molar-refractivity contribution in [2.75, 3.05) is 0 Å². The molecule has 2 heteroatoms. The van der Waals surface area contributed by atoms with Crippen LogP contribution in [0.4, 0.5) is 0 Å². The molecular weight excluding hydrogens is 701 g/mol. The maximum Gasteiger partial charge on any atom is 0.0998 e. The van der Waals surface area contributed by atoms with Crippen LogP contribution in [0, 0.1) is 22.7 Å². The summed E-state index contributed by atoms with van der Waals surface area (Å²) in [5.74, 6) is 0. The SMILES string of the molecule is N#Cc1ccc(-c2cccc(-c3ccc4c5c(-c6ccccc6)c6c(cc7c8ccccc8c8cccc6c87)c(-c6ccccc6)c5c5cccc3c54)c2)c(C#N)c1. The van der Waals surface area contributed by atoms with Crippen LogP contribution in [0.3, 0.4) is 0 Å². The van der Waals surface area contributed by atoms with Crippen LogP contribution in [0.2, 0.25) is 0 Å². The molecule has 0 spiro atoms. The Morgan fingerprint density at radius 3 is 1.52 bits per heavy atom. The Hall–Kier alpha value is -8.04. The molecule has 12 aromatic carbocycles. The van der Waals surface area contributed by atoms with E-state index in [1.54, 1.807) is 12.1 Å². The topological polar surface area (TPSA) is 47.6 Å². The van der Waals surface area contributed by atoms with Gasteiger partial charge in [0, 0.05) is 0 Å². The maximum atomic E-state index is 10.0. The predicted octanol–water partition coefficient (Wildman–Crippen LogP) is 15.0. The molecule has 0 amide bonds. The molecule has 0 unspecified atom stereocenters. The second kappa shape index (κ2) is 12.2. The summed E-state index contributed by atoms with van der Waals surface area (Å²) in [4.78, 5) is 0. The van der Waals surface area contributed by atoms with Crippen molar-refractivity contribution < 1.29 is 0 Å². The summed E-state index contributed by atoms with van der Waals surface area (Å²) in [7, 11) is 0. The van der Waals surface area contributed by atoms with Gasteiger partial charge in [-0.1, -0.05) is 158 Å². The van der Waals surface area contributed by atoms with Crippen molar-refractivity contribution in [3.05, 3.63) is 193 Å². The van der Waals surface area contributed by atoms with Crippen molar-refractivity contribution in [2.24, 2.45) is 0 Å². The van der Waals surface area contributed by atoms with Gasteiger partial charge in [0.05, 0.1) is 23.3 Å². The van der Waals surface area contributed by atoms with E-state index in [1.165, 1.54) is 97.7 Å². The smallest absolute Gasteiger partial charge is 0.0998 e. The normalized spacial score (nSPS) is 11.8. The summed E-state index contributed by atoms with van der Waals surface area (Å²) in [6, 6.07) is 69.8. The first-order chi connectivity index (χ1) is 28.7. The molecule has 0 aliphatic heterocycles. The van der Waals surface area contributed by atoms with Crippen molar-refractivity contribution in [3.8, 4) is 56.6 Å². The van der Waals surface area contributed by atoms with Crippen LogP contribution >= 0.6 is 0 Å². The Bertz CT molecular complexity index is 3740. The molecule has 264 valence electrons. The lowest BCUT2D eigenvalue weighted by Gasteiger charge is -2.19. The van der Waals surface area contributed by atoms with Gasteiger partial charge < -0.3 is 0 Å². The summed E-state index contributed by atoms with van der Waals surface area (Å²) < 4.78 is 0. The fourth-order valence-electron chi connectivity index (χ4n) is 10.1. The summed E-state index contributed by atoms with van der Waals surface area (Å²) in [5.41, 5.74) is 9.87. The van der Waals surface area contributed by atoms with E-state index in [4.69, 9.17) is 0 Å². The third-order valence-electron chi connectivity index (χ3n) is 12.4. The van der Waals surface area contributed by atoms with Crippen LogP contribution in [0.1, 0.15) is 11.1 Å². The molecule has 0 heterocycles. The molecule has 0 saturated carbocycles. The molecule has 0 aromatic heterocycles. The number of rotatable bonds is 4. The summed E-state index contributed by atoms with van der Waals surface area (Å²) in [6.45, 7) is 0. The minimum absolute atomic E-state index is 0.479. The Labute approximate surface area is 334 Å². The maximum absolute atomic E-state index is 10.0. The Kier molecular flexibility index (Phi) is 6.80. The molecule has 0 aliphatic carbocycles. The molecular formula is C56H30N2. The number of nitrogens with zero attached hydrogens (tertiary/aromatic N) is 2. The van der Waals surface area contributed by atoms with Gasteiger partial charge in [-0.3, -0.25) is 0 Å². The van der Waals surface area contributed by atoms with Crippen LogP contribution in [0.5, 0.6) is 0 Å². The highest BCUT2D eigenvalue weighted by Gasteiger charge is 2.27. The lowest BCUT2D eigenvalue weighted by Crippen LogP contribution is -1.91. The highest BCUT2D eigenvalue weighted by molar-refractivity contribution is 6.45. The van der Waals surface area contributed by atoms with Crippen LogP contribution < -0.4 is 0 Å². The van der Waals surface area contributed by atoms with Crippen molar-refractivity contribution in [3.63, 3.8) is 0 Å². The third kappa shape index (κ3) is 4.40. The quantitative estimate of drug-likeness (QED) is 0.169. The number of benzene rings is 10. The molecule has 0 radical (unpaired) electrons. The molecule has 0 fully saturated rings. The zero-order valence-corrected chi connectivity index (χ0v) is 31.2. The summed E-state index contributed by atoms with van der Waals surface area (Å²) >= 11 is 0. The first-order valence-corrected chi connectivity index (χ1v) is 19.6. The van der Waals surface area contributed by atoms with Gasteiger partial charge in [0.15, 0.2) is 0 Å². The van der Waals surface area contributed by atoms with Gasteiger partial charge in [0.1, 0.15) is 0 Å². The van der Waals surface area contributed by atoms with Gasteiger partial charge in [-0.25, -0.2) is 0 Å². The van der Waals surface area contributed by atoms with Crippen molar-refractivity contribution in [1.82, 2.24) is 0 Å². The van der Waals surface area contributed by atoms with Gasteiger partial charge in [-0.15, -0.1) is 0 Å². The molecule has 58 heavy (non-hydrogen) atoms. The summed E-state index contributed by atoms with van der Waals surface area (Å²) in [6.07, 6.45) is 0. The van der Waals surface area contributed by atoms with E-state index in [0.717, 1.165) is 22.3 Å². The number of hydrogen-bond acceptors (Lipinski definition) is 2. The second-order valence-electron chi connectivity index (χ2n) is 15.3. The Balaban J connectivity index is 1.26. The molecule has 0 atom stereocenters. The Morgan fingerprint density at radius 1 is 0.276 bits per heavy atom. The zero-order valence-electron chi connectivity index (χ0n) is 31.2. The number of fused-ring (bicyclic) bond motifs is 8. The lowest BCUT2D eigenvalue weighted by molar-refractivity contribution is 1.44. The van der Waals surface area contributed by atoms with Gasteiger partial charge in [-0.05, 0) is 144 Å². The average Bonchev–Trinajstić information content (AvgIpc) is 3.80. The predicted molar refractivity (Wildman–Crippen MR) is 243 cm³/mol. The fraction of sp³-hybridized carbons (Fsp3) is 0. The highest BCUT2D eigenvalue weighted by Crippen LogP contribution is 2.55. The van der Waals surface area contributed by atoms with E-state index in [2.05, 4.69) is 170 Å². The monoisotopic (exact) mass is 730 g/mol. The van der Waals surface area contributed by atoms with E-state index in [9.17, 15) is 10.5 Å². The van der Waals surface area contributed by atoms with Gasteiger partial charge in [-0.2, -0.15) is 10.5 Å². The van der Waals surface area contributed by atoms with Crippen molar-refractivity contribution in [2.45, 2.75) is 0 Å². The van der Waals surface area contributed by atoms with Crippen LogP contribution in [-0.2, 0) is 0 Å². The second-order valence-corrected chi connectivity index (χ2v) is 15.3. The van der Waals surface area contributed by atoms with Gasteiger partial charge in [0.25, 0.3) is 0 Å². The molecule has 0 aliphatic rings. The van der Waals surface area contributed by atoms with Gasteiger partial charge >= 0.3 is 0 Å². The van der Waals surface area contributed by atoms with E-state index in [0.29, 0.717) is 11.1 Å². The first-order valence-electron chi connectivity index (χ1n) is 19.6. The molecule has 0 bridgehead atoms. The van der Waals surface area contributed by atoms with E-state index in [1.807, 2.05) is 12.1 Å². The zero-order chi connectivity index (χ0) is 38.5. The average molecular weight is 731 g/mol. The molecule has 12 aromatic rings. The minimum Gasteiger partial charge on any atom is -0.192 e. The van der Waals surface area contributed by atoms with Crippen LogP contribution in [0.25, 0.3) is 120 Å². The van der Waals surface area contributed by atoms with Gasteiger partial charge in [0.2, 0.25) is 0 Å². The number of nitriles is 2. The highest BCUT2D eigenvalue weighted by atomic mass is 14.3. The van der Waals surface area contributed by atoms with Crippen LogP contribution in [-0.4, -0.2) is 0 Å². The van der Waals surface area contributed by atoms with E-state index in [-0.39, 0.29) is 0 Å². The van der Waals surface area contributed by atoms with Crippen molar-refractivity contribution >= 4 is 75.4 Å². The largest absolute Gasteiger partial charge is 0.192 e. The minimum atomic E-state index is 0.479. The van der Waals surface area contributed by atoms with E-state index < -0.39 is 0 Å². The van der Waals surface area contributed by atoms with Crippen LogP contribution in [0.15, 0.2) is 182 Å². The standard InChI is InChI=1S/C56H30N2/c57-31-33-24-25-39(38(28-33)32-58)36-16-9-17-37(29-36)40-26-27-47-52-43(40)20-10-23-46(52)55-50(34-12-3-1-4-13-34)49-30-48-42-19-8-7-18-41(42)44-21-11-22-45(53(44)48)54(49)51(56(47)55)35-14-5-2-6-15-35/h1-30H. The molecule has 12 rings (SSSR count). The molecule has 0 saturated heterocycles. The summed E-state index contributed by atoms with van der Waals surface area (Å²) in [5, 5.41) is 37.3. The van der Waals surface area contributed by atoms with E-state index >= 15 is 0 Å². The third-order valence-corrected chi connectivity index (χ3v) is 12.4. The lowest BCUT2D eigenvalue weighted by atomic mass is 9.84. The number of hydrogen-bond donors (Lipinski definition) is 0.